The summed E-state index contributed by atoms with van der Waals surface area (Å²) < 4.78 is 16.2. The zero-order valence-corrected chi connectivity index (χ0v) is 15.8. The number of aromatic carboxylic acids is 1. The van der Waals surface area contributed by atoms with E-state index < -0.39 is 5.97 Å². The van der Waals surface area contributed by atoms with Crippen LogP contribution in [0.2, 0.25) is 0 Å². The number of carbonyl (C=O) groups excluding carboxylic acids is 1. The van der Waals surface area contributed by atoms with Crippen LogP contribution in [-0.4, -0.2) is 43.2 Å². The first-order valence-electron chi connectivity index (χ1n) is 8.65. The summed E-state index contributed by atoms with van der Waals surface area (Å²) in [5, 5.41) is 9.11. The van der Waals surface area contributed by atoms with Crippen molar-refractivity contribution >= 4 is 11.9 Å². The monoisotopic (exact) mass is 373 g/mol. The minimum absolute atomic E-state index is 0.00389. The molecule has 7 heteroatoms. The molecule has 27 heavy (non-hydrogen) atoms. The standard InChI is InChI=1S/C20H23NO6/c1-11-14(20(23)24)8-13(27-11)10-21(2)19(22)17-9-15(17)16-7-12(25-3)5-6-18(16)26-4/h5-8,15,17H,9-10H2,1-4H3,(H,23,24). The molecule has 2 atom stereocenters. The summed E-state index contributed by atoms with van der Waals surface area (Å²) in [7, 11) is 4.90. The first-order chi connectivity index (χ1) is 12.8. The van der Waals surface area contributed by atoms with Gasteiger partial charge in [0.05, 0.1) is 20.8 Å². The number of methoxy groups -OCH3 is 2. The average molecular weight is 373 g/mol. The van der Waals surface area contributed by atoms with Gasteiger partial charge in [0.1, 0.15) is 28.6 Å². The van der Waals surface area contributed by atoms with Gasteiger partial charge in [0, 0.05) is 24.4 Å². The molecule has 0 radical (unpaired) electrons. The van der Waals surface area contributed by atoms with E-state index in [0.29, 0.717) is 11.5 Å². The molecule has 1 aliphatic rings. The molecule has 1 N–H and O–H groups in total. The highest BCUT2D eigenvalue weighted by atomic mass is 16.5. The van der Waals surface area contributed by atoms with Crippen molar-refractivity contribution in [3.05, 3.63) is 46.9 Å². The van der Waals surface area contributed by atoms with Crippen molar-refractivity contribution in [2.75, 3.05) is 21.3 Å². The van der Waals surface area contributed by atoms with Crippen molar-refractivity contribution in [3.8, 4) is 11.5 Å². The topological polar surface area (TPSA) is 89.2 Å². The SMILES string of the molecule is COc1ccc(OC)c(C2CC2C(=O)N(C)Cc2cc(C(=O)O)c(C)o2)c1. The predicted molar refractivity (Wildman–Crippen MR) is 97.3 cm³/mol. The Kier molecular flexibility index (Phi) is 5.12. The highest BCUT2D eigenvalue weighted by molar-refractivity contribution is 5.89. The molecule has 7 nitrogen and oxygen atoms in total. The van der Waals surface area contributed by atoms with E-state index in [1.807, 2.05) is 18.2 Å². The van der Waals surface area contributed by atoms with Crippen LogP contribution in [0.1, 0.15) is 39.8 Å². The lowest BCUT2D eigenvalue weighted by Gasteiger charge is -2.16. The van der Waals surface area contributed by atoms with Crippen molar-refractivity contribution in [1.29, 1.82) is 0 Å². The largest absolute Gasteiger partial charge is 0.497 e. The molecule has 1 aromatic carbocycles. The van der Waals surface area contributed by atoms with E-state index in [2.05, 4.69) is 0 Å². The van der Waals surface area contributed by atoms with Crippen molar-refractivity contribution in [2.24, 2.45) is 5.92 Å². The Bertz CT molecular complexity index is 871. The summed E-state index contributed by atoms with van der Waals surface area (Å²) in [5.41, 5.74) is 1.09. The molecular formula is C20H23NO6. The van der Waals surface area contributed by atoms with Gasteiger partial charge in [0.15, 0.2) is 0 Å². The Morgan fingerprint density at radius 1 is 1.26 bits per heavy atom. The molecule has 0 bridgehead atoms. The number of rotatable bonds is 7. The number of carboxylic acid groups (broad SMARTS) is 1. The van der Waals surface area contributed by atoms with Gasteiger partial charge >= 0.3 is 5.97 Å². The number of hydrogen-bond acceptors (Lipinski definition) is 5. The number of aryl methyl sites for hydroxylation is 1. The van der Waals surface area contributed by atoms with E-state index in [-0.39, 0.29) is 29.9 Å². The maximum absolute atomic E-state index is 12.8. The number of hydrogen-bond donors (Lipinski definition) is 1. The van der Waals surface area contributed by atoms with Crippen molar-refractivity contribution in [3.63, 3.8) is 0 Å². The van der Waals surface area contributed by atoms with Crippen LogP contribution in [0.25, 0.3) is 0 Å². The summed E-state index contributed by atoms with van der Waals surface area (Å²) in [6, 6.07) is 7.05. The number of carboxylic acids is 1. The molecule has 1 aromatic heterocycles. The fraction of sp³-hybridized carbons (Fsp3) is 0.400. The molecule has 1 saturated carbocycles. The number of carbonyl (C=O) groups is 2. The first kappa shape index (κ1) is 18.8. The summed E-state index contributed by atoms with van der Waals surface area (Å²) in [4.78, 5) is 25.5. The minimum atomic E-state index is -1.04. The van der Waals surface area contributed by atoms with Gasteiger partial charge in [-0.3, -0.25) is 4.79 Å². The predicted octanol–water partition coefficient (Wildman–Crippen LogP) is 3.07. The van der Waals surface area contributed by atoms with E-state index in [4.69, 9.17) is 19.0 Å². The summed E-state index contributed by atoms with van der Waals surface area (Å²) in [5.74, 6) is 1.17. The van der Waals surface area contributed by atoms with Crippen LogP contribution in [0, 0.1) is 12.8 Å². The Labute approximate surface area is 157 Å². The second-order valence-electron chi connectivity index (χ2n) is 6.74. The Balaban J connectivity index is 1.69. The van der Waals surface area contributed by atoms with Crippen LogP contribution in [0.3, 0.4) is 0 Å². The van der Waals surface area contributed by atoms with E-state index in [1.165, 1.54) is 6.07 Å². The third-order valence-electron chi connectivity index (χ3n) is 4.91. The average Bonchev–Trinajstić information content (AvgIpc) is 3.36. The quantitative estimate of drug-likeness (QED) is 0.802. The van der Waals surface area contributed by atoms with Gasteiger partial charge < -0.3 is 23.9 Å². The Morgan fingerprint density at radius 2 is 2.00 bits per heavy atom. The van der Waals surface area contributed by atoms with Crippen molar-refractivity contribution < 1.29 is 28.6 Å². The number of furan rings is 1. The molecule has 2 unspecified atom stereocenters. The molecule has 0 aliphatic heterocycles. The van der Waals surface area contributed by atoms with E-state index >= 15 is 0 Å². The molecular weight excluding hydrogens is 350 g/mol. The van der Waals surface area contributed by atoms with E-state index in [1.54, 1.807) is 33.1 Å². The lowest BCUT2D eigenvalue weighted by atomic mass is 10.1. The number of amides is 1. The van der Waals surface area contributed by atoms with Gasteiger partial charge in [-0.05, 0) is 37.6 Å². The van der Waals surface area contributed by atoms with Crippen LogP contribution in [0.5, 0.6) is 11.5 Å². The lowest BCUT2D eigenvalue weighted by molar-refractivity contribution is -0.132. The normalized spacial score (nSPS) is 18.1. The van der Waals surface area contributed by atoms with Crippen molar-refractivity contribution in [2.45, 2.75) is 25.8 Å². The van der Waals surface area contributed by atoms with E-state index in [0.717, 1.165) is 23.5 Å². The molecule has 0 saturated heterocycles. The van der Waals surface area contributed by atoms with Gasteiger partial charge in [-0.1, -0.05) is 0 Å². The molecule has 0 spiro atoms. The Morgan fingerprint density at radius 3 is 2.59 bits per heavy atom. The summed E-state index contributed by atoms with van der Waals surface area (Å²) >= 11 is 0. The molecule has 1 fully saturated rings. The molecule has 144 valence electrons. The van der Waals surface area contributed by atoms with Gasteiger partial charge in [-0.25, -0.2) is 4.79 Å². The maximum Gasteiger partial charge on any atom is 0.339 e. The van der Waals surface area contributed by atoms with Crippen LogP contribution < -0.4 is 9.47 Å². The highest BCUT2D eigenvalue weighted by Gasteiger charge is 2.46. The highest BCUT2D eigenvalue weighted by Crippen LogP contribution is 2.52. The zero-order valence-electron chi connectivity index (χ0n) is 15.8. The van der Waals surface area contributed by atoms with Crippen LogP contribution >= 0.6 is 0 Å². The summed E-state index contributed by atoms with van der Waals surface area (Å²) in [6.45, 7) is 1.83. The van der Waals surface area contributed by atoms with Crippen LogP contribution in [-0.2, 0) is 11.3 Å². The minimum Gasteiger partial charge on any atom is -0.497 e. The van der Waals surface area contributed by atoms with Crippen LogP contribution in [0.4, 0.5) is 0 Å². The Hall–Kier alpha value is -2.96. The number of benzene rings is 1. The van der Waals surface area contributed by atoms with Crippen LogP contribution in [0.15, 0.2) is 28.7 Å². The number of ether oxygens (including phenoxy) is 2. The van der Waals surface area contributed by atoms with Crippen molar-refractivity contribution in [1.82, 2.24) is 4.90 Å². The fourth-order valence-electron chi connectivity index (χ4n) is 3.37. The second kappa shape index (κ2) is 7.34. The second-order valence-corrected chi connectivity index (χ2v) is 6.74. The zero-order chi connectivity index (χ0) is 19.7. The van der Waals surface area contributed by atoms with E-state index in [9.17, 15) is 9.59 Å². The van der Waals surface area contributed by atoms with Gasteiger partial charge in [-0.2, -0.15) is 0 Å². The molecule has 2 aromatic rings. The van der Waals surface area contributed by atoms with Gasteiger partial charge in [-0.15, -0.1) is 0 Å². The lowest BCUT2D eigenvalue weighted by Crippen LogP contribution is -2.27. The fourth-order valence-corrected chi connectivity index (χ4v) is 3.37. The molecule has 1 amide bonds. The molecule has 1 aliphatic carbocycles. The van der Waals surface area contributed by atoms with Gasteiger partial charge in [0.25, 0.3) is 0 Å². The molecule has 1 heterocycles. The number of nitrogens with zero attached hydrogens (tertiary/aromatic N) is 1. The van der Waals surface area contributed by atoms with Gasteiger partial charge in [0.2, 0.25) is 5.91 Å². The summed E-state index contributed by atoms with van der Waals surface area (Å²) in [6.07, 6.45) is 0.740. The third kappa shape index (κ3) is 3.77. The smallest absolute Gasteiger partial charge is 0.339 e. The third-order valence-corrected chi connectivity index (χ3v) is 4.91. The first-order valence-corrected chi connectivity index (χ1v) is 8.65. The molecule has 3 rings (SSSR count). The maximum atomic E-state index is 12.8.